The lowest BCUT2D eigenvalue weighted by molar-refractivity contribution is -0.482. The number of alkyl halides is 3. The first-order valence-corrected chi connectivity index (χ1v) is 15.2. The van der Waals surface area contributed by atoms with Gasteiger partial charge in [-0.25, -0.2) is 17.9 Å². The van der Waals surface area contributed by atoms with Crippen molar-refractivity contribution in [1.29, 1.82) is 0 Å². The Kier molecular flexibility index (Phi) is 9.18. The van der Waals surface area contributed by atoms with Crippen LogP contribution < -0.4 is 4.90 Å². The quantitative estimate of drug-likeness (QED) is 0.133. The first-order valence-electron chi connectivity index (χ1n) is 13.8. The topological polar surface area (TPSA) is 63.5 Å². The molecule has 0 amide bonds. The van der Waals surface area contributed by atoms with Crippen LogP contribution in [0, 0.1) is 41.5 Å². The fraction of sp³-hybridized carbons (Fsp3) is 0.265. The maximum absolute atomic E-state index is 10.7. The average molecular weight is 609 g/mol. The molecule has 0 fully saturated rings. The second-order valence-corrected chi connectivity index (χ2v) is 12.4. The minimum absolute atomic E-state index is 0.138. The lowest BCUT2D eigenvalue weighted by Gasteiger charge is -2.26. The molecule has 1 aliphatic heterocycles. The molecule has 43 heavy (non-hydrogen) atoms. The molecule has 4 aromatic rings. The monoisotopic (exact) mass is 608 g/mol. The van der Waals surface area contributed by atoms with Gasteiger partial charge in [0.1, 0.15) is 11.4 Å². The summed E-state index contributed by atoms with van der Waals surface area (Å²) in [5.41, 5.74) is 7.46. The van der Waals surface area contributed by atoms with Crippen molar-refractivity contribution >= 4 is 27.8 Å². The van der Waals surface area contributed by atoms with Crippen LogP contribution in [0.2, 0.25) is 0 Å². The van der Waals surface area contributed by atoms with Gasteiger partial charge in [-0.05, 0) is 63.8 Å². The maximum Gasteiger partial charge on any atom is 0.485 e. The van der Waals surface area contributed by atoms with Crippen LogP contribution in [0.5, 0.6) is 0 Å². The summed E-state index contributed by atoms with van der Waals surface area (Å²) in [6.45, 7) is 13.3. The van der Waals surface area contributed by atoms with Crippen molar-refractivity contribution in [3.05, 3.63) is 129 Å². The third kappa shape index (κ3) is 6.84. The minimum atomic E-state index is -6.09. The van der Waals surface area contributed by atoms with Crippen LogP contribution >= 0.6 is 0 Å². The summed E-state index contributed by atoms with van der Waals surface area (Å²) in [4.78, 5) is 2.52. The van der Waals surface area contributed by atoms with Crippen molar-refractivity contribution in [2.45, 2.75) is 59.1 Å². The summed E-state index contributed by atoms with van der Waals surface area (Å²) in [5, 5.41) is 0. The van der Waals surface area contributed by atoms with E-state index in [4.69, 9.17) is 13.0 Å². The van der Waals surface area contributed by atoms with Crippen LogP contribution in [0.3, 0.4) is 0 Å². The molecule has 2 atom stereocenters. The summed E-state index contributed by atoms with van der Waals surface area (Å²) in [6.07, 6.45) is 2.37. The van der Waals surface area contributed by atoms with Crippen LogP contribution in [0.1, 0.15) is 56.6 Å². The number of hydrogen-bond acceptors (Lipinski definition) is 4. The molecule has 1 heterocycles. The Labute approximate surface area is 251 Å². The fourth-order valence-corrected chi connectivity index (χ4v) is 6.12. The highest BCUT2D eigenvalue weighted by Crippen LogP contribution is 2.47. The van der Waals surface area contributed by atoms with E-state index in [2.05, 4.69) is 142 Å². The second kappa shape index (κ2) is 12.3. The summed E-state index contributed by atoms with van der Waals surface area (Å²) >= 11 is 0. The SMILES string of the molecule is Cc1cc(C)c(N2C=[N+](c3c(C)cc(C)cc3C)[C@H](c3ccccc3)[C@@H]2c2ccccc2)c(C)c1.O=S(=O)([O-])C(F)(F)F. The van der Waals surface area contributed by atoms with Crippen molar-refractivity contribution in [1.82, 2.24) is 0 Å². The molecular formula is C34H35F3N2O3S. The van der Waals surface area contributed by atoms with Gasteiger partial charge in [-0.1, -0.05) is 96.1 Å². The van der Waals surface area contributed by atoms with Gasteiger partial charge in [-0.15, -0.1) is 0 Å². The molecule has 0 unspecified atom stereocenters. The molecule has 9 heteroatoms. The molecule has 1 aliphatic rings. The molecule has 5 nitrogen and oxygen atoms in total. The average Bonchev–Trinajstić information content (AvgIpc) is 3.27. The normalized spacial score (nSPS) is 16.9. The van der Waals surface area contributed by atoms with E-state index in [1.54, 1.807) is 0 Å². The largest absolute Gasteiger partial charge is 0.741 e. The zero-order chi connectivity index (χ0) is 31.7. The van der Waals surface area contributed by atoms with E-state index < -0.39 is 15.6 Å². The molecule has 0 aliphatic carbocycles. The van der Waals surface area contributed by atoms with E-state index in [9.17, 15) is 13.2 Å². The third-order valence-corrected chi connectivity index (χ3v) is 8.07. The summed E-state index contributed by atoms with van der Waals surface area (Å²) < 4.78 is 61.4. The van der Waals surface area contributed by atoms with Gasteiger partial charge in [-0.3, -0.25) is 0 Å². The molecule has 5 rings (SSSR count). The fourth-order valence-electron chi connectivity index (χ4n) is 6.12. The van der Waals surface area contributed by atoms with Crippen LogP contribution in [0.4, 0.5) is 24.5 Å². The van der Waals surface area contributed by atoms with Crippen molar-refractivity contribution in [2.75, 3.05) is 4.90 Å². The highest BCUT2D eigenvalue weighted by atomic mass is 32.2. The highest BCUT2D eigenvalue weighted by Gasteiger charge is 2.47. The third-order valence-electron chi connectivity index (χ3n) is 7.50. The van der Waals surface area contributed by atoms with Gasteiger partial charge in [-0.2, -0.15) is 13.2 Å². The first-order chi connectivity index (χ1) is 20.1. The van der Waals surface area contributed by atoms with Crippen LogP contribution in [-0.4, -0.2) is 29.4 Å². The predicted octanol–water partition coefficient (Wildman–Crippen LogP) is 8.26. The molecule has 0 saturated carbocycles. The van der Waals surface area contributed by atoms with Crippen LogP contribution in [-0.2, 0) is 10.1 Å². The Hall–Kier alpha value is -3.95. The van der Waals surface area contributed by atoms with Crippen molar-refractivity contribution in [3.8, 4) is 0 Å². The summed E-state index contributed by atoms with van der Waals surface area (Å²) in [7, 11) is -6.09. The van der Waals surface area contributed by atoms with E-state index in [-0.39, 0.29) is 12.1 Å². The number of benzene rings is 4. The second-order valence-electron chi connectivity index (χ2n) is 11.0. The number of aryl methyl sites for hydroxylation is 6. The molecule has 226 valence electrons. The van der Waals surface area contributed by atoms with Crippen molar-refractivity contribution in [3.63, 3.8) is 0 Å². The van der Waals surface area contributed by atoms with Crippen LogP contribution in [0.25, 0.3) is 0 Å². The highest BCUT2D eigenvalue weighted by molar-refractivity contribution is 7.86. The minimum Gasteiger partial charge on any atom is -0.741 e. The maximum atomic E-state index is 10.7. The van der Waals surface area contributed by atoms with Gasteiger partial charge < -0.3 is 4.55 Å². The summed E-state index contributed by atoms with van der Waals surface area (Å²) in [6, 6.07) is 31.5. The zero-order valence-electron chi connectivity index (χ0n) is 25.0. The summed E-state index contributed by atoms with van der Waals surface area (Å²) in [5.74, 6) is 0. The Morgan fingerprint density at radius 1 is 0.698 bits per heavy atom. The number of anilines is 1. The van der Waals surface area contributed by atoms with E-state index in [0.29, 0.717) is 0 Å². The number of hydrogen-bond donors (Lipinski definition) is 0. The zero-order valence-corrected chi connectivity index (χ0v) is 25.8. The molecule has 0 aromatic heterocycles. The lowest BCUT2D eigenvalue weighted by Crippen LogP contribution is -2.27. The van der Waals surface area contributed by atoms with Crippen LogP contribution in [0.15, 0.2) is 84.9 Å². The molecule has 4 aromatic carbocycles. The Balaban J connectivity index is 0.000000467. The van der Waals surface area contributed by atoms with E-state index in [0.717, 1.165) is 0 Å². The standard InChI is InChI=1S/C33H35N2.CHF3O3S/c1-22-17-24(3)30(25(4)18-22)34-21-35(31-26(5)19-23(2)20-27(31)6)33(29-15-11-8-12-16-29)32(34)28-13-9-7-10-14-28;2-1(3,4)8(5,6)7/h7-21,32-33H,1-6H3;(H,5,6,7)/q+1;/p-1/t32-,33+;. The first kappa shape index (κ1) is 32.0. The van der Waals surface area contributed by atoms with Gasteiger partial charge in [0.25, 0.3) is 0 Å². The van der Waals surface area contributed by atoms with Gasteiger partial charge >= 0.3 is 5.51 Å². The number of nitrogens with zero attached hydrogens (tertiary/aromatic N) is 2. The van der Waals surface area contributed by atoms with Crippen molar-refractivity contribution in [2.24, 2.45) is 0 Å². The molecule has 0 spiro atoms. The van der Waals surface area contributed by atoms with E-state index >= 15 is 0 Å². The molecular weight excluding hydrogens is 573 g/mol. The number of rotatable bonds is 4. The smallest absolute Gasteiger partial charge is 0.485 e. The van der Waals surface area contributed by atoms with E-state index in [1.165, 1.54) is 55.9 Å². The van der Waals surface area contributed by atoms with Gasteiger partial charge in [0.2, 0.25) is 6.34 Å². The Bertz CT molecular complexity index is 1710. The molecule has 0 saturated heterocycles. The Morgan fingerprint density at radius 3 is 1.51 bits per heavy atom. The molecule has 0 radical (unpaired) electrons. The Morgan fingerprint density at radius 2 is 1.09 bits per heavy atom. The lowest BCUT2D eigenvalue weighted by atomic mass is 9.91. The van der Waals surface area contributed by atoms with Gasteiger partial charge in [0, 0.05) is 11.1 Å². The molecule has 0 N–H and O–H groups in total. The van der Waals surface area contributed by atoms with Crippen molar-refractivity contribution < 1.29 is 30.7 Å². The number of halogens is 3. The van der Waals surface area contributed by atoms with Gasteiger partial charge in [0.05, 0.1) is 0 Å². The predicted molar refractivity (Wildman–Crippen MR) is 164 cm³/mol. The van der Waals surface area contributed by atoms with Gasteiger partial charge in [0.15, 0.2) is 22.2 Å². The molecule has 0 bridgehead atoms. The van der Waals surface area contributed by atoms with E-state index in [1.807, 2.05) is 0 Å².